The molecule has 1 saturated heterocycles. The van der Waals surface area contributed by atoms with E-state index in [9.17, 15) is 23.2 Å². The third-order valence-electron chi connectivity index (χ3n) is 8.65. The number of hydrazine groups is 1. The first kappa shape index (κ1) is 36.3. The molecule has 1 spiro atoms. The molecule has 2 aliphatic carbocycles. The van der Waals surface area contributed by atoms with Gasteiger partial charge in [-0.1, -0.05) is 50.4 Å². The summed E-state index contributed by atoms with van der Waals surface area (Å²) >= 11 is 6.40. The maximum absolute atomic E-state index is 13.3. The first-order valence-electron chi connectivity index (χ1n) is 15.5. The van der Waals surface area contributed by atoms with Gasteiger partial charge in [0.15, 0.2) is 11.6 Å². The smallest absolute Gasteiger partial charge is 0.475 e. The van der Waals surface area contributed by atoms with Gasteiger partial charge in [0.25, 0.3) is 5.91 Å². The predicted octanol–water partition coefficient (Wildman–Crippen LogP) is 5.87. The first-order valence-corrected chi connectivity index (χ1v) is 15.9. The van der Waals surface area contributed by atoms with Crippen molar-refractivity contribution in [3.8, 4) is 6.07 Å². The highest BCUT2D eigenvalue weighted by atomic mass is 35.5. The number of carbonyl (C=O) groups is 2. The van der Waals surface area contributed by atoms with Crippen LogP contribution in [-0.2, 0) is 20.8 Å². The molecule has 0 atom stereocenters. The fraction of sp³-hybridized carbons (Fsp3) is 0.594. The quantitative estimate of drug-likeness (QED) is 0.341. The largest absolute Gasteiger partial charge is 0.490 e. The standard InChI is InChI=1S/C30H39ClN6O3.C2HF3O2/c1-29(2)19-39-30(40-20-29)14-12-23(13-15-30)36(3)18-21-8-10-22(11-9-21)28(38)35-37(24-6-4-5-7-24)27-25(31)17-33-26(16-32)34-27;3-2(4,5)1(6)7/h8-11,17,23-24H,4-7,12-15,18-20H2,1-3H3,(H,35,38);(H,6,7). The molecule has 1 amide bonds. The normalized spacial score (nSPS) is 19.5. The van der Waals surface area contributed by atoms with E-state index in [-0.39, 0.29) is 23.2 Å². The number of nitrogens with zero attached hydrogens (tertiary/aromatic N) is 5. The molecule has 15 heteroatoms. The van der Waals surface area contributed by atoms with Crippen molar-refractivity contribution in [2.75, 3.05) is 25.3 Å². The number of amides is 1. The van der Waals surface area contributed by atoms with E-state index in [2.05, 4.69) is 41.2 Å². The molecule has 2 saturated carbocycles. The maximum atomic E-state index is 13.3. The second-order valence-corrected chi connectivity index (χ2v) is 13.4. The first-order chi connectivity index (χ1) is 22.1. The maximum Gasteiger partial charge on any atom is 0.490 e. The number of anilines is 1. The van der Waals surface area contributed by atoms with Crippen LogP contribution >= 0.6 is 11.6 Å². The SMILES string of the molecule is CN(Cc1ccc(C(=O)NN(c2nc(C#N)ncc2Cl)C2CCCC2)cc1)C1CCC2(CC1)OCC(C)(C)CO2.O=C(O)C(F)(F)F. The highest BCUT2D eigenvalue weighted by Gasteiger charge is 2.43. The number of halogens is 4. The summed E-state index contributed by atoms with van der Waals surface area (Å²) in [4.78, 5) is 32.8. The molecular formula is C32H40ClF3N6O5. The number of carboxylic acids is 1. The number of aliphatic carboxylic acids is 1. The molecule has 2 N–H and O–H groups in total. The van der Waals surface area contributed by atoms with Crippen LogP contribution in [0, 0.1) is 16.7 Å². The molecule has 0 unspecified atom stereocenters. The summed E-state index contributed by atoms with van der Waals surface area (Å²) in [6.45, 7) is 6.66. The third-order valence-corrected chi connectivity index (χ3v) is 8.92. The van der Waals surface area contributed by atoms with Crippen molar-refractivity contribution in [1.29, 1.82) is 5.26 Å². The van der Waals surface area contributed by atoms with E-state index in [1.807, 2.05) is 30.3 Å². The number of nitriles is 1. The molecule has 5 rings (SSSR count). The van der Waals surface area contributed by atoms with Crippen molar-refractivity contribution in [2.45, 2.75) is 95.8 Å². The van der Waals surface area contributed by atoms with Crippen molar-refractivity contribution in [1.82, 2.24) is 20.3 Å². The van der Waals surface area contributed by atoms with E-state index in [0.29, 0.717) is 22.4 Å². The second-order valence-electron chi connectivity index (χ2n) is 13.0. The molecule has 1 aliphatic heterocycles. The number of rotatable bonds is 7. The Morgan fingerprint density at radius 2 is 1.66 bits per heavy atom. The summed E-state index contributed by atoms with van der Waals surface area (Å²) in [5.41, 5.74) is 4.79. The van der Waals surface area contributed by atoms with Crippen LogP contribution in [-0.4, -0.2) is 76.2 Å². The minimum atomic E-state index is -5.08. The Bertz CT molecular complexity index is 1430. The molecule has 11 nitrogen and oxygen atoms in total. The minimum Gasteiger partial charge on any atom is -0.475 e. The molecule has 1 aromatic carbocycles. The molecule has 0 bridgehead atoms. The molecular weight excluding hydrogens is 641 g/mol. The number of aromatic nitrogens is 2. The van der Waals surface area contributed by atoms with E-state index in [4.69, 9.17) is 31.0 Å². The van der Waals surface area contributed by atoms with Gasteiger partial charge in [-0.05, 0) is 50.4 Å². The van der Waals surface area contributed by atoms with Gasteiger partial charge < -0.3 is 14.6 Å². The lowest BCUT2D eigenvalue weighted by Crippen LogP contribution is -2.51. The number of ether oxygens (including phenoxy) is 2. The number of hydrogen-bond acceptors (Lipinski definition) is 9. The van der Waals surface area contributed by atoms with Crippen LogP contribution in [0.1, 0.15) is 87.0 Å². The average Bonchev–Trinajstić information content (AvgIpc) is 3.57. The van der Waals surface area contributed by atoms with Gasteiger partial charge in [0.1, 0.15) is 11.1 Å². The molecule has 3 aliphatic rings. The average molecular weight is 681 g/mol. The predicted molar refractivity (Wildman–Crippen MR) is 166 cm³/mol. The number of carbonyl (C=O) groups excluding carboxylic acids is 1. The Balaban J connectivity index is 0.000000644. The number of carboxylic acid groups (broad SMARTS) is 1. The monoisotopic (exact) mass is 680 g/mol. The van der Waals surface area contributed by atoms with Crippen LogP contribution in [0.15, 0.2) is 30.5 Å². The summed E-state index contributed by atoms with van der Waals surface area (Å²) in [6, 6.07) is 10.2. The van der Waals surface area contributed by atoms with Gasteiger partial charge in [-0.15, -0.1) is 0 Å². The molecule has 3 fully saturated rings. The molecule has 47 heavy (non-hydrogen) atoms. The highest BCUT2D eigenvalue weighted by Crippen LogP contribution is 2.40. The van der Waals surface area contributed by atoms with Crippen molar-refractivity contribution < 1.29 is 37.3 Å². The van der Waals surface area contributed by atoms with Gasteiger partial charge in [-0.25, -0.2) is 9.78 Å². The summed E-state index contributed by atoms with van der Waals surface area (Å²) in [5, 5.41) is 18.4. The fourth-order valence-corrected chi connectivity index (χ4v) is 6.10. The van der Waals surface area contributed by atoms with Crippen molar-refractivity contribution in [3.05, 3.63) is 52.4 Å². The Morgan fingerprint density at radius 3 is 2.19 bits per heavy atom. The van der Waals surface area contributed by atoms with Gasteiger partial charge in [-0.3, -0.25) is 20.1 Å². The van der Waals surface area contributed by atoms with Crippen LogP contribution in [0.25, 0.3) is 0 Å². The van der Waals surface area contributed by atoms with E-state index in [1.165, 1.54) is 6.20 Å². The van der Waals surface area contributed by atoms with Crippen LogP contribution in [0.2, 0.25) is 5.02 Å². The lowest BCUT2D eigenvalue weighted by molar-refractivity contribution is -0.312. The van der Waals surface area contributed by atoms with Gasteiger partial charge in [0, 0.05) is 36.4 Å². The van der Waals surface area contributed by atoms with Gasteiger partial charge in [-0.2, -0.15) is 23.4 Å². The lowest BCUT2D eigenvalue weighted by atomic mass is 9.86. The van der Waals surface area contributed by atoms with Crippen molar-refractivity contribution in [3.63, 3.8) is 0 Å². The van der Waals surface area contributed by atoms with E-state index >= 15 is 0 Å². The zero-order valence-electron chi connectivity index (χ0n) is 26.6. The Labute approximate surface area is 277 Å². The van der Waals surface area contributed by atoms with Crippen molar-refractivity contribution >= 4 is 29.3 Å². The molecule has 2 heterocycles. The second kappa shape index (κ2) is 15.1. The summed E-state index contributed by atoms with van der Waals surface area (Å²) in [5.74, 6) is -3.03. The number of nitrogens with one attached hydrogen (secondary N) is 1. The van der Waals surface area contributed by atoms with E-state index in [1.54, 1.807) is 5.01 Å². The molecule has 256 valence electrons. The molecule has 1 aromatic heterocycles. The van der Waals surface area contributed by atoms with Crippen LogP contribution in [0.4, 0.5) is 19.0 Å². The van der Waals surface area contributed by atoms with Gasteiger partial charge >= 0.3 is 12.1 Å². The fourth-order valence-electron chi connectivity index (χ4n) is 5.92. The third kappa shape index (κ3) is 9.76. The lowest BCUT2D eigenvalue weighted by Gasteiger charge is -2.47. The zero-order valence-corrected chi connectivity index (χ0v) is 27.4. The summed E-state index contributed by atoms with van der Waals surface area (Å²) in [7, 11) is 2.16. The Hall–Kier alpha value is -3.51. The van der Waals surface area contributed by atoms with Crippen LogP contribution in [0.3, 0.4) is 0 Å². The van der Waals surface area contributed by atoms with Crippen LogP contribution < -0.4 is 10.4 Å². The number of benzene rings is 1. The summed E-state index contributed by atoms with van der Waals surface area (Å²) in [6.07, 6.45) is 4.17. The minimum absolute atomic E-state index is 0.0148. The number of hydrogen-bond donors (Lipinski definition) is 2. The zero-order chi connectivity index (χ0) is 34.4. The Morgan fingerprint density at radius 1 is 1.09 bits per heavy atom. The topological polar surface area (TPSA) is 141 Å². The van der Waals surface area contributed by atoms with Crippen LogP contribution in [0.5, 0.6) is 0 Å². The molecule has 0 radical (unpaired) electrons. The van der Waals surface area contributed by atoms with Gasteiger partial charge in [0.05, 0.1) is 25.5 Å². The summed E-state index contributed by atoms with van der Waals surface area (Å²) < 4.78 is 44.1. The highest BCUT2D eigenvalue weighted by molar-refractivity contribution is 6.32. The Kier molecular flexibility index (Phi) is 11.7. The van der Waals surface area contributed by atoms with E-state index < -0.39 is 17.9 Å². The van der Waals surface area contributed by atoms with Gasteiger partial charge in [0.2, 0.25) is 5.82 Å². The van der Waals surface area contributed by atoms with Crippen molar-refractivity contribution in [2.24, 2.45) is 5.41 Å². The van der Waals surface area contributed by atoms with E-state index in [0.717, 1.165) is 76.7 Å². The number of alkyl halides is 3. The molecule has 2 aromatic rings.